The summed E-state index contributed by atoms with van der Waals surface area (Å²) in [6.07, 6.45) is 3.92. The summed E-state index contributed by atoms with van der Waals surface area (Å²) in [7, 11) is -1.41. The number of anilines is 1. The highest BCUT2D eigenvalue weighted by Gasteiger charge is 2.48. The van der Waals surface area contributed by atoms with Gasteiger partial charge in [-0.05, 0) is 30.7 Å². The number of hydrogen-bond acceptors (Lipinski definition) is 3. The van der Waals surface area contributed by atoms with Gasteiger partial charge in [-0.2, -0.15) is 0 Å². The van der Waals surface area contributed by atoms with Crippen molar-refractivity contribution in [1.29, 1.82) is 0 Å². The van der Waals surface area contributed by atoms with Crippen molar-refractivity contribution >= 4 is 15.7 Å². The highest BCUT2D eigenvalue weighted by Crippen LogP contribution is 2.45. The van der Waals surface area contributed by atoms with Gasteiger partial charge in [-0.1, -0.05) is 17.7 Å². The second-order valence-corrected chi connectivity index (χ2v) is 8.74. The van der Waals surface area contributed by atoms with Gasteiger partial charge < -0.3 is 4.90 Å². The molecule has 0 bridgehead atoms. The molecule has 3 atom stereocenters. The van der Waals surface area contributed by atoms with E-state index < -0.39 is 10.0 Å². The summed E-state index contributed by atoms with van der Waals surface area (Å²) in [5, 5.41) is 0. The van der Waals surface area contributed by atoms with Gasteiger partial charge in [-0.15, -0.1) is 0 Å². The van der Waals surface area contributed by atoms with Gasteiger partial charge in [0.2, 0.25) is 0 Å². The Balaban J connectivity index is 1.87. The number of rotatable bonds is 2. The predicted molar refractivity (Wildman–Crippen MR) is 92.8 cm³/mol. The molecule has 126 valence electrons. The SMILES string of the molecule is Cc1ccc2c(c1)[C@@H]1C[NH+](C)CC[C@H]1N2S(=O)(=O)c1cccnc1. The minimum absolute atomic E-state index is 0.00991. The maximum Gasteiger partial charge on any atom is 0.266 e. The zero-order chi connectivity index (χ0) is 16.9. The molecule has 1 aromatic heterocycles. The largest absolute Gasteiger partial charge is 0.337 e. The van der Waals surface area contributed by atoms with Gasteiger partial charge in [-0.25, -0.2) is 8.42 Å². The van der Waals surface area contributed by atoms with Crippen LogP contribution in [-0.4, -0.2) is 39.6 Å². The highest BCUT2D eigenvalue weighted by atomic mass is 32.2. The van der Waals surface area contributed by atoms with E-state index in [1.807, 2.05) is 12.1 Å². The molecule has 1 N–H and O–H groups in total. The number of quaternary nitrogens is 1. The molecule has 2 aliphatic heterocycles. The van der Waals surface area contributed by atoms with Gasteiger partial charge in [0.25, 0.3) is 10.0 Å². The third-order valence-electron chi connectivity index (χ3n) is 5.21. The van der Waals surface area contributed by atoms with Crippen LogP contribution in [0.25, 0.3) is 0 Å². The molecule has 1 unspecified atom stereocenters. The zero-order valence-electron chi connectivity index (χ0n) is 13.9. The molecule has 0 radical (unpaired) electrons. The monoisotopic (exact) mass is 344 g/mol. The fraction of sp³-hybridized carbons (Fsp3) is 0.389. The second kappa shape index (κ2) is 5.57. The first kappa shape index (κ1) is 15.6. The smallest absolute Gasteiger partial charge is 0.266 e. The van der Waals surface area contributed by atoms with Gasteiger partial charge in [0.1, 0.15) is 4.90 Å². The van der Waals surface area contributed by atoms with Crippen molar-refractivity contribution in [3.63, 3.8) is 0 Å². The molecule has 1 fully saturated rings. The number of fused-ring (bicyclic) bond motifs is 3. The average Bonchev–Trinajstić information content (AvgIpc) is 2.89. The van der Waals surface area contributed by atoms with E-state index in [0.29, 0.717) is 0 Å². The Morgan fingerprint density at radius 2 is 2.12 bits per heavy atom. The molecule has 2 aliphatic rings. The van der Waals surface area contributed by atoms with Crippen molar-refractivity contribution in [3.05, 3.63) is 53.9 Å². The number of piperidine rings is 1. The summed E-state index contributed by atoms with van der Waals surface area (Å²) in [6, 6.07) is 9.43. The van der Waals surface area contributed by atoms with Crippen LogP contribution in [0.3, 0.4) is 0 Å². The normalized spacial score (nSPS) is 26.1. The molecule has 24 heavy (non-hydrogen) atoms. The van der Waals surface area contributed by atoms with Gasteiger partial charge in [-0.3, -0.25) is 9.29 Å². The van der Waals surface area contributed by atoms with Crippen molar-refractivity contribution in [2.45, 2.75) is 30.2 Å². The summed E-state index contributed by atoms with van der Waals surface area (Å²) in [4.78, 5) is 5.73. The van der Waals surface area contributed by atoms with E-state index in [0.717, 1.165) is 25.2 Å². The topological polar surface area (TPSA) is 54.7 Å². The second-order valence-electron chi connectivity index (χ2n) is 6.93. The summed E-state index contributed by atoms with van der Waals surface area (Å²) >= 11 is 0. The lowest BCUT2D eigenvalue weighted by molar-refractivity contribution is -0.886. The van der Waals surface area contributed by atoms with E-state index >= 15 is 0 Å². The molecule has 4 rings (SSSR count). The van der Waals surface area contributed by atoms with Crippen LogP contribution in [-0.2, 0) is 10.0 Å². The predicted octanol–water partition coefficient (Wildman–Crippen LogP) is 0.970. The number of hydrogen-bond donors (Lipinski definition) is 1. The van der Waals surface area contributed by atoms with Gasteiger partial charge in [0.15, 0.2) is 0 Å². The summed E-state index contributed by atoms with van der Waals surface area (Å²) in [5.74, 6) is 0.264. The number of sulfonamides is 1. The van der Waals surface area contributed by atoms with Crippen LogP contribution in [0.5, 0.6) is 0 Å². The number of aromatic nitrogens is 1. The molecule has 0 aliphatic carbocycles. The number of aryl methyl sites for hydroxylation is 1. The molecule has 0 saturated carbocycles. The molecule has 5 nitrogen and oxygen atoms in total. The quantitative estimate of drug-likeness (QED) is 0.883. The lowest BCUT2D eigenvalue weighted by Gasteiger charge is -2.34. The van der Waals surface area contributed by atoms with Crippen LogP contribution >= 0.6 is 0 Å². The average molecular weight is 344 g/mol. The number of pyridine rings is 1. The molecule has 1 aromatic carbocycles. The number of likely N-dealkylation sites (tertiary alicyclic amines) is 1. The maximum atomic E-state index is 13.3. The van der Waals surface area contributed by atoms with E-state index in [9.17, 15) is 8.42 Å². The van der Waals surface area contributed by atoms with Crippen molar-refractivity contribution < 1.29 is 13.3 Å². The van der Waals surface area contributed by atoms with Crippen molar-refractivity contribution in [2.75, 3.05) is 24.4 Å². The molecule has 1 saturated heterocycles. The van der Waals surface area contributed by atoms with Gasteiger partial charge in [0.05, 0.1) is 37.8 Å². The lowest BCUT2D eigenvalue weighted by atomic mass is 9.89. The fourth-order valence-electron chi connectivity index (χ4n) is 4.08. The standard InChI is InChI=1S/C18H21N3O2S/c1-13-5-6-17-15(10-13)16-12-20(2)9-7-18(16)21(17)24(22,23)14-4-3-8-19-11-14/h3-6,8,10-11,16,18H,7,9,12H2,1-2H3/p+1/t16-,18+/m0/s1. The first-order valence-electron chi connectivity index (χ1n) is 8.35. The minimum Gasteiger partial charge on any atom is -0.337 e. The Labute approximate surface area is 143 Å². The van der Waals surface area contributed by atoms with Crippen molar-refractivity contribution in [3.8, 4) is 0 Å². The van der Waals surface area contributed by atoms with Crippen molar-refractivity contribution in [1.82, 2.24) is 4.98 Å². The minimum atomic E-state index is -3.59. The van der Waals surface area contributed by atoms with Crippen LogP contribution in [0.2, 0.25) is 0 Å². The Morgan fingerprint density at radius 1 is 1.29 bits per heavy atom. The number of likely N-dealkylation sites (N-methyl/N-ethyl adjacent to an activating group) is 1. The number of nitrogens with zero attached hydrogens (tertiary/aromatic N) is 2. The molecular formula is C18H22N3O2S+. The summed E-state index contributed by atoms with van der Waals surface area (Å²) in [5.41, 5.74) is 3.19. The molecule has 0 amide bonds. The molecule has 3 heterocycles. The van der Waals surface area contributed by atoms with Crippen LogP contribution in [0.15, 0.2) is 47.6 Å². The number of nitrogens with one attached hydrogen (secondary N) is 1. The molecular weight excluding hydrogens is 322 g/mol. The first-order chi connectivity index (χ1) is 11.5. The Bertz CT molecular complexity index is 867. The van der Waals surface area contributed by atoms with E-state index in [-0.39, 0.29) is 16.9 Å². The van der Waals surface area contributed by atoms with E-state index in [2.05, 4.69) is 25.0 Å². The Kier molecular flexibility index (Phi) is 3.62. The first-order valence-corrected chi connectivity index (χ1v) is 9.79. The molecule has 6 heteroatoms. The van der Waals surface area contributed by atoms with E-state index in [4.69, 9.17) is 0 Å². The maximum absolute atomic E-state index is 13.3. The number of benzene rings is 1. The fourth-order valence-corrected chi connectivity index (χ4v) is 5.78. The van der Waals surface area contributed by atoms with Crippen molar-refractivity contribution in [2.24, 2.45) is 0 Å². The zero-order valence-corrected chi connectivity index (χ0v) is 14.8. The van der Waals surface area contributed by atoms with E-state index in [1.54, 1.807) is 22.6 Å². The van der Waals surface area contributed by atoms with E-state index in [1.165, 1.54) is 22.2 Å². The van der Waals surface area contributed by atoms with Crippen LogP contribution < -0.4 is 9.21 Å². The van der Waals surface area contributed by atoms with Crippen LogP contribution in [0.1, 0.15) is 23.5 Å². The third-order valence-corrected chi connectivity index (χ3v) is 7.03. The van der Waals surface area contributed by atoms with Crippen LogP contribution in [0, 0.1) is 6.92 Å². The molecule has 2 aromatic rings. The van der Waals surface area contributed by atoms with Gasteiger partial charge >= 0.3 is 0 Å². The highest BCUT2D eigenvalue weighted by molar-refractivity contribution is 7.92. The molecule has 0 spiro atoms. The Morgan fingerprint density at radius 3 is 2.88 bits per heavy atom. The Hall–Kier alpha value is -1.92. The van der Waals surface area contributed by atoms with Gasteiger partial charge in [0, 0.05) is 18.8 Å². The third kappa shape index (κ3) is 2.32. The van der Waals surface area contributed by atoms with Crippen LogP contribution in [0.4, 0.5) is 5.69 Å². The summed E-state index contributed by atoms with van der Waals surface area (Å²) in [6.45, 7) is 4.03. The lowest BCUT2D eigenvalue weighted by Crippen LogP contribution is -3.11. The summed E-state index contributed by atoms with van der Waals surface area (Å²) < 4.78 is 28.3.